The van der Waals surface area contributed by atoms with Crippen molar-refractivity contribution in [2.24, 2.45) is 7.05 Å². The molecule has 2 amide bonds. The highest BCUT2D eigenvalue weighted by Crippen LogP contribution is 2.31. The van der Waals surface area contributed by atoms with Gasteiger partial charge in [0.2, 0.25) is 0 Å². The zero-order valence-corrected chi connectivity index (χ0v) is 18.7. The van der Waals surface area contributed by atoms with E-state index in [1.54, 1.807) is 36.9 Å². The molecule has 1 fully saturated rings. The number of nitrogens with one attached hydrogen (secondary N) is 2. The zero-order chi connectivity index (χ0) is 22.0. The predicted octanol–water partition coefficient (Wildman–Crippen LogP) is 3.00. The number of aryl methyl sites for hydroxylation is 2. The fourth-order valence-corrected chi connectivity index (χ4v) is 4.47. The summed E-state index contributed by atoms with van der Waals surface area (Å²) in [4.78, 5) is 34.7. The van der Waals surface area contributed by atoms with Gasteiger partial charge in [-0.2, -0.15) is 16.9 Å². The highest BCUT2D eigenvalue weighted by molar-refractivity contribution is 7.99. The fraction of sp³-hybridized carbons (Fsp3) is 0.429. The van der Waals surface area contributed by atoms with Crippen molar-refractivity contribution in [1.29, 1.82) is 0 Å². The van der Waals surface area contributed by atoms with Crippen LogP contribution in [0.1, 0.15) is 19.0 Å². The van der Waals surface area contributed by atoms with Gasteiger partial charge in [0.05, 0.1) is 17.9 Å². The SMILES string of the molecule is CCCOc1ccc(NC(=O)N2CCSCC2)cc1-c1nc2c(c(C)nn2C)c(=O)[nH]1. The largest absolute Gasteiger partial charge is 0.493 e. The van der Waals surface area contributed by atoms with Crippen LogP contribution in [0.3, 0.4) is 0 Å². The molecule has 164 valence electrons. The van der Waals surface area contributed by atoms with Crippen LogP contribution in [0.4, 0.5) is 10.5 Å². The number of hydrogen-bond donors (Lipinski definition) is 2. The van der Waals surface area contributed by atoms with Crippen LogP contribution in [-0.4, -0.2) is 61.9 Å². The molecule has 1 saturated heterocycles. The van der Waals surface area contributed by atoms with Crippen LogP contribution >= 0.6 is 11.8 Å². The molecule has 2 N–H and O–H groups in total. The predicted molar refractivity (Wildman–Crippen MR) is 123 cm³/mol. The highest BCUT2D eigenvalue weighted by Gasteiger charge is 2.19. The number of aromatic amines is 1. The third-order valence-electron chi connectivity index (χ3n) is 5.11. The highest BCUT2D eigenvalue weighted by atomic mass is 32.2. The first-order chi connectivity index (χ1) is 15.0. The van der Waals surface area contributed by atoms with Gasteiger partial charge < -0.3 is 19.9 Å². The third kappa shape index (κ3) is 4.39. The maximum Gasteiger partial charge on any atom is 0.321 e. The van der Waals surface area contributed by atoms with Gasteiger partial charge in [0, 0.05) is 37.3 Å². The van der Waals surface area contributed by atoms with Crippen LogP contribution in [0.15, 0.2) is 23.0 Å². The van der Waals surface area contributed by atoms with E-state index in [2.05, 4.69) is 20.4 Å². The number of benzene rings is 1. The van der Waals surface area contributed by atoms with Crippen molar-refractivity contribution in [1.82, 2.24) is 24.6 Å². The molecule has 2 aromatic heterocycles. The summed E-state index contributed by atoms with van der Waals surface area (Å²) in [7, 11) is 1.76. The Morgan fingerprint density at radius 1 is 1.32 bits per heavy atom. The molecule has 0 saturated carbocycles. The van der Waals surface area contributed by atoms with E-state index >= 15 is 0 Å². The van der Waals surface area contributed by atoms with E-state index in [1.165, 1.54) is 0 Å². The minimum Gasteiger partial charge on any atom is -0.493 e. The Kier molecular flexibility index (Phi) is 6.17. The summed E-state index contributed by atoms with van der Waals surface area (Å²) < 4.78 is 7.49. The fourth-order valence-electron chi connectivity index (χ4n) is 3.57. The molecular formula is C21H26N6O3S. The van der Waals surface area contributed by atoms with Gasteiger partial charge in [0.15, 0.2) is 5.65 Å². The number of carbonyl (C=O) groups is 1. The Hall–Kier alpha value is -3.01. The summed E-state index contributed by atoms with van der Waals surface area (Å²) in [5.74, 6) is 2.85. The molecule has 0 unspecified atom stereocenters. The number of ether oxygens (including phenoxy) is 1. The Labute approximate surface area is 184 Å². The maximum atomic E-state index is 12.7. The molecular weight excluding hydrogens is 416 g/mol. The molecule has 10 heteroatoms. The lowest BCUT2D eigenvalue weighted by molar-refractivity contribution is 0.217. The Balaban J connectivity index is 1.73. The van der Waals surface area contributed by atoms with Gasteiger partial charge in [-0.15, -0.1) is 0 Å². The topological polar surface area (TPSA) is 105 Å². The molecule has 9 nitrogen and oxygen atoms in total. The number of nitrogens with zero attached hydrogens (tertiary/aromatic N) is 4. The molecule has 1 aliphatic rings. The van der Waals surface area contributed by atoms with Gasteiger partial charge >= 0.3 is 6.03 Å². The molecule has 31 heavy (non-hydrogen) atoms. The lowest BCUT2D eigenvalue weighted by Gasteiger charge is -2.26. The lowest BCUT2D eigenvalue weighted by atomic mass is 10.1. The monoisotopic (exact) mass is 442 g/mol. The molecule has 0 atom stereocenters. The van der Waals surface area contributed by atoms with E-state index in [4.69, 9.17) is 4.74 Å². The van der Waals surface area contributed by atoms with Crippen LogP contribution in [0.2, 0.25) is 0 Å². The van der Waals surface area contributed by atoms with Crippen molar-refractivity contribution >= 4 is 34.5 Å². The number of carbonyl (C=O) groups excluding carboxylic acids is 1. The Bertz CT molecular complexity index is 1170. The Morgan fingerprint density at radius 3 is 2.84 bits per heavy atom. The number of H-pyrrole nitrogens is 1. The van der Waals surface area contributed by atoms with Crippen molar-refractivity contribution in [2.45, 2.75) is 20.3 Å². The van der Waals surface area contributed by atoms with Crippen molar-refractivity contribution in [3.05, 3.63) is 34.2 Å². The minimum atomic E-state index is -0.257. The molecule has 3 heterocycles. The molecule has 0 spiro atoms. The van der Waals surface area contributed by atoms with Gasteiger partial charge in [-0.25, -0.2) is 14.5 Å². The summed E-state index contributed by atoms with van der Waals surface area (Å²) >= 11 is 1.85. The molecule has 1 aliphatic heterocycles. The maximum absolute atomic E-state index is 12.7. The molecule has 0 aliphatic carbocycles. The number of thioether (sulfide) groups is 1. The van der Waals surface area contributed by atoms with Gasteiger partial charge in [-0.1, -0.05) is 6.92 Å². The number of aromatic nitrogens is 4. The van der Waals surface area contributed by atoms with E-state index in [1.807, 2.05) is 23.6 Å². The van der Waals surface area contributed by atoms with Gasteiger partial charge in [-0.05, 0) is 31.5 Å². The van der Waals surface area contributed by atoms with Crippen molar-refractivity contribution in [3.63, 3.8) is 0 Å². The lowest BCUT2D eigenvalue weighted by Crippen LogP contribution is -2.40. The normalized spacial score (nSPS) is 14.1. The number of hydrogen-bond acceptors (Lipinski definition) is 6. The van der Waals surface area contributed by atoms with Crippen LogP contribution in [0.25, 0.3) is 22.4 Å². The van der Waals surface area contributed by atoms with E-state index in [0.29, 0.717) is 46.2 Å². The number of rotatable bonds is 5. The van der Waals surface area contributed by atoms with Crippen molar-refractivity contribution in [2.75, 3.05) is 36.5 Å². The summed E-state index contributed by atoms with van der Waals surface area (Å²) in [5.41, 5.74) is 2.09. The average molecular weight is 443 g/mol. The van der Waals surface area contributed by atoms with Crippen LogP contribution < -0.4 is 15.6 Å². The van der Waals surface area contributed by atoms with Crippen molar-refractivity contribution in [3.8, 4) is 17.1 Å². The van der Waals surface area contributed by atoms with Gasteiger partial charge in [-0.3, -0.25) is 4.79 Å². The summed E-state index contributed by atoms with van der Waals surface area (Å²) in [6.07, 6.45) is 0.842. The van der Waals surface area contributed by atoms with Gasteiger partial charge in [0.1, 0.15) is 17.0 Å². The minimum absolute atomic E-state index is 0.132. The zero-order valence-electron chi connectivity index (χ0n) is 17.9. The molecule has 1 aromatic carbocycles. The number of anilines is 1. The number of amides is 2. The second-order valence-electron chi connectivity index (χ2n) is 7.41. The summed E-state index contributed by atoms with van der Waals surface area (Å²) in [6, 6.07) is 5.25. The third-order valence-corrected chi connectivity index (χ3v) is 6.06. The van der Waals surface area contributed by atoms with Crippen LogP contribution in [0.5, 0.6) is 5.75 Å². The van der Waals surface area contributed by atoms with Gasteiger partial charge in [0.25, 0.3) is 5.56 Å². The smallest absolute Gasteiger partial charge is 0.321 e. The van der Waals surface area contributed by atoms with Crippen molar-refractivity contribution < 1.29 is 9.53 Å². The summed E-state index contributed by atoms with van der Waals surface area (Å²) in [5, 5.41) is 7.73. The van der Waals surface area contributed by atoms with E-state index in [9.17, 15) is 9.59 Å². The first kappa shape index (κ1) is 21.2. The first-order valence-corrected chi connectivity index (χ1v) is 11.5. The molecule has 4 rings (SSSR count). The van der Waals surface area contributed by atoms with E-state index in [-0.39, 0.29) is 11.6 Å². The number of urea groups is 1. The van der Waals surface area contributed by atoms with E-state index in [0.717, 1.165) is 31.0 Å². The molecule has 0 bridgehead atoms. The second-order valence-corrected chi connectivity index (χ2v) is 8.64. The van der Waals surface area contributed by atoms with Crippen LogP contribution in [-0.2, 0) is 7.05 Å². The first-order valence-electron chi connectivity index (χ1n) is 10.3. The molecule has 3 aromatic rings. The Morgan fingerprint density at radius 2 is 2.10 bits per heavy atom. The number of fused-ring (bicyclic) bond motifs is 1. The standard InChI is InChI=1S/C21H26N6O3S/c1-4-9-30-16-6-5-14(22-21(29)27-7-10-31-11-8-27)12-15(16)18-23-19-17(20(28)24-18)13(2)25-26(19)3/h5-6,12H,4,7-11H2,1-3H3,(H,22,29)(H,23,24,28). The van der Waals surface area contributed by atoms with Crippen LogP contribution in [0, 0.1) is 6.92 Å². The average Bonchev–Trinajstić information content (AvgIpc) is 3.07. The molecule has 0 radical (unpaired) electrons. The van der Waals surface area contributed by atoms with E-state index < -0.39 is 0 Å². The second kappa shape index (κ2) is 9.01. The summed E-state index contributed by atoms with van der Waals surface area (Å²) in [6.45, 7) is 5.79. The quantitative estimate of drug-likeness (QED) is 0.629.